The molecule has 166 valence electrons. The maximum atomic E-state index is 13.4. The van der Waals surface area contributed by atoms with E-state index in [1.54, 1.807) is 11.3 Å². The monoisotopic (exact) mass is 441 g/mol. The molecule has 0 saturated carbocycles. The standard InChI is InChI=1S/C24H31N3O3S/c28-21(26-9-4-1-5-10-26)17-25-11-8-18(16-25)22-19-6-2-3-7-20(19)31-23(22)24(29)27-12-14-30-15-13-27/h2-3,6-7,18H,1,4-5,8-17H2/t18-/m1/s1. The molecule has 0 unspecified atom stereocenters. The van der Waals surface area contributed by atoms with Crippen LogP contribution in [0.5, 0.6) is 0 Å². The summed E-state index contributed by atoms with van der Waals surface area (Å²) in [4.78, 5) is 33.3. The number of nitrogens with zero attached hydrogens (tertiary/aromatic N) is 3. The normalized spacial score (nSPS) is 22.9. The fraction of sp³-hybridized carbons (Fsp3) is 0.583. The van der Waals surface area contributed by atoms with Crippen LogP contribution in [0.3, 0.4) is 0 Å². The highest BCUT2D eigenvalue weighted by atomic mass is 32.1. The number of hydrogen-bond donors (Lipinski definition) is 0. The average Bonchev–Trinajstić information content (AvgIpc) is 3.44. The zero-order chi connectivity index (χ0) is 21.2. The van der Waals surface area contributed by atoms with Gasteiger partial charge in [0.1, 0.15) is 0 Å². The van der Waals surface area contributed by atoms with Crippen molar-refractivity contribution in [1.29, 1.82) is 0 Å². The third kappa shape index (κ3) is 4.36. The summed E-state index contributed by atoms with van der Waals surface area (Å²) < 4.78 is 6.62. The summed E-state index contributed by atoms with van der Waals surface area (Å²) in [6.45, 7) is 6.63. The van der Waals surface area contributed by atoms with Crippen LogP contribution in [0.25, 0.3) is 10.1 Å². The third-order valence-electron chi connectivity index (χ3n) is 6.87. The highest BCUT2D eigenvalue weighted by Gasteiger charge is 2.33. The van der Waals surface area contributed by atoms with Crippen LogP contribution in [0.2, 0.25) is 0 Å². The first-order chi connectivity index (χ1) is 15.2. The molecule has 0 N–H and O–H groups in total. The minimum absolute atomic E-state index is 0.141. The molecule has 1 atom stereocenters. The predicted octanol–water partition coefficient (Wildman–Crippen LogP) is 3.18. The molecule has 3 saturated heterocycles. The van der Waals surface area contributed by atoms with Gasteiger partial charge in [-0.25, -0.2) is 0 Å². The minimum atomic E-state index is 0.141. The predicted molar refractivity (Wildman–Crippen MR) is 123 cm³/mol. The van der Waals surface area contributed by atoms with Crippen molar-refractivity contribution in [2.45, 2.75) is 31.6 Å². The molecule has 6 nitrogen and oxygen atoms in total. The van der Waals surface area contributed by atoms with E-state index in [0.29, 0.717) is 38.8 Å². The van der Waals surface area contributed by atoms with Crippen molar-refractivity contribution in [2.75, 3.05) is 59.0 Å². The average molecular weight is 442 g/mol. The zero-order valence-corrected chi connectivity index (χ0v) is 18.9. The first kappa shape index (κ1) is 20.9. The van der Waals surface area contributed by atoms with Gasteiger partial charge in [-0.3, -0.25) is 14.5 Å². The number of amides is 2. The topological polar surface area (TPSA) is 53.1 Å². The van der Waals surface area contributed by atoms with Gasteiger partial charge in [0.05, 0.1) is 24.6 Å². The van der Waals surface area contributed by atoms with Crippen LogP contribution < -0.4 is 0 Å². The van der Waals surface area contributed by atoms with Crippen LogP contribution in [0.1, 0.15) is 46.8 Å². The van der Waals surface area contributed by atoms with Gasteiger partial charge in [0.2, 0.25) is 5.91 Å². The van der Waals surface area contributed by atoms with Crippen LogP contribution in [0.15, 0.2) is 24.3 Å². The zero-order valence-electron chi connectivity index (χ0n) is 18.1. The summed E-state index contributed by atoms with van der Waals surface area (Å²) in [5, 5.41) is 1.21. The lowest BCUT2D eigenvalue weighted by molar-refractivity contribution is -0.133. The van der Waals surface area contributed by atoms with E-state index in [1.807, 2.05) is 15.9 Å². The number of likely N-dealkylation sites (tertiary alicyclic amines) is 2. The van der Waals surface area contributed by atoms with Crippen molar-refractivity contribution in [3.05, 3.63) is 34.7 Å². The van der Waals surface area contributed by atoms with Crippen LogP contribution in [0, 0.1) is 0 Å². The summed E-state index contributed by atoms with van der Waals surface area (Å²) in [6, 6.07) is 8.38. The molecular weight excluding hydrogens is 410 g/mol. The number of morpholine rings is 1. The molecule has 0 radical (unpaired) electrons. The van der Waals surface area contributed by atoms with Gasteiger partial charge in [-0.2, -0.15) is 0 Å². The highest BCUT2D eigenvalue weighted by Crippen LogP contribution is 2.40. The molecule has 5 rings (SSSR count). The summed E-state index contributed by atoms with van der Waals surface area (Å²) in [6.07, 6.45) is 4.49. The Bertz CT molecular complexity index is 947. The molecular formula is C24H31N3O3S. The number of carbonyl (C=O) groups is 2. The Morgan fingerprint density at radius 2 is 1.74 bits per heavy atom. The lowest BCUT2D eigenvalue weighted by atomic mass is 9.94. The molecule has 31 heavy (non-hydrogen) atoms. The Kier molecular flexibility index (Phi) is 6.25. The van der Waals surface area contributed by atoms with E-state index in [4.69, 9.17) is 4.74 Å². The number of carbonyl (C=O) groups excluding carboxylic acids is 2. The van der Waals surface area contributed by atoms with Gasteiger partial charge >= 0.3 is 0 Å². The quantitative estimate of drug-likeness (QED) is 0.731. The van der Waals surface area contributed by atoms with E-state index in [2.05, 4.69) is 23.1 Å². The third-order valence-corrected chi connectivity index (χ3v) is 8.05. The second-order valence-electron chi connectivity index (χ2n) is 8.91. The number of ether oxygens (including phenoxy) is 1. The van der Waals surface area contributed by atoms with E-state index >= 15 is 0 Å². The van der Waals surface area contributed by atoms with E-state index in [0.717, 1.165) is 50.3 Å². The first-order valence-electron chi connectivity index (χ1n) is 11.6. The Balaban J connectivity index is 1.35. The Morgan fingerprint density at radius 3 is 2.55 bits per heavy atom. The molecule has 4 heterocycles. The maximum Gasteiger partial charge on any atom is 0.264 e. The molecule has 0 bridgehead atoms. The number of hydrogen-bond acceptors (Lipinski definition) is 5. The molecule has 3 aliphatic heterocycles. The number of benzene rings is 1. The van der Waals surface area contributed by atoms with Crippen molar-refractivity contribution < 1.29 is 14.3 Å². The van der Waals surface area contributed by atoms with Crippen molar-refractivity contribution in [3.8, 4) is 0 Å². The molecule has 2 aromatic rings. The van der Waals surface area contributed by atoms with E-state index in [-0.39, 0.29) is 11.8 Å². The van der Waals surface area contributed by atoms with Crippen molar-refractivity contribution in [2.24, 2.45) is 0 Å². The molecule has 2 amide bonds. The SMILES string of the molecule is O=C(CN1CC[C@@H](c2c(C(=O)N3CCOCC3)sc3ccccc23)C1)N1CCCCC1. The molecule has 0 aliphatic carbocycles. The van der Waals surface area contributed by atoms with Crippen LogP contribution >= 0.6 is 11.3 Å². The lowest BCUT2D eigenvalue weighted by Crippen LogP contribution is -2.42. The smallest absolute Gasteiger partial charge is 0.264 e. The largest absolute Gasteiger partial charge is 0.378 e. The summed E-state index contributed by atoms with van der Waals surface area (Å²) in [5.41, 5.74) is 1.20. The van der Waals surface area contributed by atoms with E-state index < -0.39 is 0 Å². The van der Waals surface area contributed by atoms with Gasteiger partial charge in [-0.1, -0.05) is 18.2 Å². The Morgan fingerprint density at radius 1 is 0.968 bits per heavy atom. The van der Waals surface area contributed by atoms with Crippen molar-refractivity contribution >= 4 is 33.2 Å². The van der Waals surface area contributed by atoms with Gasteiger partial charge in [-0.05, 0) is 49.2 Å². The highest BCUT2D eigenvalue weighted by molar-refractivity contribution is 7.21. The fourth-order valence-corrected chi connectivity index (χ4v) is 6.44. The minimum Gasteiger partial charge on any atom is -0.378 e. The van der Waals surface area contributed by atoms with Gasteiger partial charge < -0.3 is 14.5 Å². The molecule has 3 aliphatic rings. The summed E-state index contributed by atoms with van der Waals surface area (Å²) in [5.74, 6) is 0.702. The molecule has 1 aromatic carbocycles. The number of fused-ring (bicyclic) bond motifs is 1. The van der Waals surface area contributed by atoms with Gasteiger partial charge in [-0.15, -0.1) is 11.3 Å². The first-order valence-corrected chi connectivity index (χ1v) is 12.4. The number of piperidine rings is 1. The van der Waals surface area contributed by atoms with Gasteiger partial charge in [0, 0.05) is 43.3 Å². The van der Waals surface area contributed by atoms with Gasteiger partial charge in [0.25, 0.3) is 5.91 Å². The molecule has 7 heteroatoms. The van der Waals surface area contributed by atoms with E-state index in [9.17, 15) is 9.59 Å². The van der Waals surface area contributed by atoms with Crippen molar-refractivity contribution in [1.82, 2.24) is 14.7 Å². The van der Waals surface area contributed by atoms with Crippen LogP contribution in [0.4, 0.5) is 0 Å². The number of thiophene rings is 1. The van der Waals surface area contributed by atoms with Crippen LogP contribution in [-0.4, -0.2) is 85.5 Å². The second kappa shape index (κ2) is 9.27. The number of rotatable bonds is 4. The van der Waals surface area contributed by atoms with Crippen LogP contribution in [-0.2, 0) is 9.53 Å². The lowest BCUT2D eigenvalue weighted by Gasteiger charge is -2.28. The molecule has 3 fully saturated rings. The second-order valence-corrected chi connectivity index (χ2v) is 9.96. The Labute approximate surface area is 187 Å². The summed E-state index contributed by atoms with van der Waals surface area (Å²) in [7, 11) is 0. The fourth-order valence-electron chi connectivity index (χ4n) is 5.19. The van der Waals surface area contributed by atoms with Crippen molar-refractivity contribution in [3.63, 3.8) is 0 Å². The maximum absolute atomic E-state index is 13.4. The van der Waals surface area contributed by atoms with Gasteiger partial charge in [0.15, 0.2) is 0 Å². The Hall–Kier alpha value is -1.96. The molecule has 1 aromatic heterocycles. The van der Waals surface area contributed by atoms with E-state index in [1.165, 1.54) is 22.1 Å². The molecule has 0 spiro atoms. The summed E-state index contributed by atoms with van der Waals surface area (Å²) >= 11 is 1.62.